The van der Waals surface area contributed by atoms with E-state index in [0.29, 0.717) is 19.6 Å². The third kappa shape index (κ3) is 5.06. The molecule has 5 nitrogen and oxygen atoms in total. The number of thiophene rings is 1. The minimum Gasteiger partial charge on any atom is -0.303 e. The Morgan fingerprint density at radius 1 is 1.19 bits per heavy atom. The second-order valence-electron chi connectivity index (χ2n) is 5.70. The number of hydrogen-bond donors (Lipinski definition) is 0. The van der Waals surface area contributed by atoms with E-state index in [1.54, 1.807) is 0 Å². The van der Waals surface area contributed by atoms with Crippen LogP contribution in [0.2, 0.25) is 5.02 Å². The van der Waals surface area contributed by atoms with E-state index in [1.807, 2.05) is 23.6 Å². The lowest BCUT2D eigenvalue weighted by Gasteiger charge is -2.25. The van der Waals surface area contributed by atoms with E-state index in [-0.39, 0.29) is 15.5 Å². The van der Waals surface area contributed by atoms with Crippen LogP contribution in [-0.2, 0) is 16.6 Å². The molecule has 0 spiro atoms. The number of halogens is 1. The smallest absolute Gasteiger partial charge is 0.243 e. The molecule has 0 saturated heterocycles. The molecule has 1 heterocycles. The summed E-state index contributed by atoms with van der Waals surface area (Å²) in [6, 6.07) is 10.0. The van der Waals surface area contributed by atoms with Crippen molar-refractivity contribution >= 4 is 33.0 Å². The van der Waals surface area contributed by atoms with E-state index in [2.05, 4.69) is 18.7 Å². The number of nitrogens with zero attached hydrogens (tertiary/aromatic N) is 3. The summed E-state index contributed by atoms with van der Waals surface area (Å²) < 4.78 is 27.8. The van der Waals surface area contributed by atoms with Crippen LogP contribution in [0.15, 0.2) is 40.6 Å². The maximum Gasteiger partial charge on any atom is 0.243 e. The monoisotopic (exact) mass is 411 g/mol. The van der Waals surface area contributed by atoms with E-state index < -0.39 is 10.0 Å². The summed E-state index contributed by atoms with van der Waals surface area (Å²) in [5, 5.41) is 11.1. The highest BCUT2D eigenvalue weighted by atomic mass is 35.5. The average molecular weight is 412 g/mol. The summed E-state index contributed by atoms with van der Waals surface area (Å²) in [6.45, 7) is 7.21. The van der Waals surface area contributed by atoms with Gasteiger partial charge < -0.3 is 4.90 Å². The molecule has 0 unspecified atom stereocenters. The van der Waals surface area contributed by atoms with Crippen molar-refractivity contribution in [2.24, 2.45) is 0 Å². The Balaban J connectivity index is 2.32. The van der Waals surface area contributed by atoms with Gasteiger partial charge in [-0.3, -0.25) is 0 Å². The number of sulfonamides is 1. The maximum atomic E-state index is 13.2. The van der Waals surface area contributed by atoms with Gasteiger partial charge in [0.05, 0.1) is 15.5 Å². The third-order valence-corrected chi connectivity index (χ3v) is 7.19. The van der Waals surface area contributed by atoms with Crippen molar-refractivity contribution in [2.75, 3.05) is 26.2 Å². The Bertz CT molecular complexity index is 857. The molecule has 0 radical (unpaired) electrons. The van der Waals surface area contributed by atoms with Crippen LogP contribution in [0.25, 0.3) is 0 Å². The summed E-state index contributed by atoms with van der Waals surface area (Å²) >= 11 is 7.57. The van der Waals surface area contributed by atoms with Gasteiger partial charge in [0.15, 0.2) is 0 Å². The molecule has 2 rings (SSSR count). The number of hydrogen-bond acceptors (Lipinski definition) is 5. The molecule has 1 aromatic carbocycles. The summed E-state index contributed by atoms with van der Waals surface area (Å²) in [5.41, 5.74) is 0.263. The molecule has 0 fully saturated rings. The molecule has 0 aliphatic rings. The van der Waals surface area contributed by atoms with Crippen LogP contribution in [0.5, 0.6) is 0 Å². The first-order chi connectivity index (χ1) is 12.4. The second kappa shape index (κ2) is 9.49. The standard InChI is InChI=1S/C18H22ClN3O2S2/c1-3-21(4-2)9-10-22(14-16-6-5-11-25-16)26(23,24)17-8-7-15(13-20)18(19)12-17/h5-8,11-12H,3-4,9-10,14H2,1-2H3. The summed E-state index contributed by atoms with van der Waals surface area (Å²) in [5.74, 6) is 0. The summed E-state index contributed by atoms with van der Waals surface area (Å²) in [4.78, 5) is 3.27. The molecule has 0 saturated carbocycles. The molecule has 0 atom stereocenters. The van der Waals surface area contributed by atoms with Crippen molar-refractivity contribution in [3.8, 4) is 6.07 Å². The molecule has 140 valence electrons. The van der Waals surface area contributed by atoms with Gasteiger partial charge in [0.1, 0.15) is 6.07 Å². The highest BCUT2D eigenvalue weighted by Gasteiger charge is 2.26. The van der Waals surface area contributed by atoms with E-state index >= 15 is 0 Å². The molecule has 26 heavy (non-hydrogen) atoms. The van der Waals surface area contributed by atoms with E-state index in [0.717, 1.165) is 18.0 Å². The van der Waals surface area contributed by atoms with Crippen molar-refractivity contribution in [3.63, 3.8) is 0 Å². The minimum atomic E-state index is -3.72. The molecule has 0 bridgehead atoms. The molecule has 0 N–H and O–H groups in total. The molecule has 0 amide bonds. The predicted octanol–water partition coefficient (Wildman–Crippen LogP) is 3.81. The van der Waals surface area contributed by atoms with Gasteiger partial charge in [-0.1, -0.05) is 31.5 Å². The van der Waals surface area contributed by atoms with Crippen LogP contribution in [-0.4, -0.2) is 43.8 Å². The van der Waals surface area contributed by atoms with Crippen molar-refractivity contribution in [1.29, 1.82) is 5.26 Å². The normalized spacial score (nSPS) is 11.8. The van der Waals surface area contributed by atoms with Crippen LogP contribution >= 0.6 is 22.9 Å². The number of nitriles is 1. The SMILES string of the molecule is CCN(CC)CCN(Cc1cccs1)S(=O)(=O)c1ccc(C#N)c(Cl)c1. The van der Waals surface area contributed by atoms with Crippen LogP contribution in [0, 0.1) is 11.3 Å². The lowest BCUT2D eigenvalue weighted by Crippen LogP contribution is -2.38. The fourth-order valence-corrected chi connectivity index (χ4v) is 5.07. The molecule has 2 aromatic rings. The first-order valence-electron chi connectivity index (χ1n) is 8.36. The van der Waals surface area contributed by atoms with Crippen LogP contribution in [0.3, 0.4) is 0 Å². The highest BCUT2D eigenvalue weighted by Crippen LogP contribution is 2.25. The fraction of sp³-hybridized carbons (Fsp3) is 0.389. The lowest BCUT2D eigenvalue weighted by atomic mass is 10.2. The van der Waals surface area contributed by atoms with Crippen molar-refractivity contribution in [1.82, 2.24) is 9.21 Å². The van der Waals surface area contributed by atoms with E-state index in [4.69, 9.17) is 16.9 Å². The zero-order valence-electron chi connectivity index (χ0n) is 14.9. The van der Waals surface area contributed by atoms with Crippen molar-refractivity contribution in [2.45, 2.75) is 25.3 Å². The van der Waals surface area contributed by atoms with E-state index in [1.165, 1.54) is 33.8 Å². The van der Waals surface area contributed by atoms with E-state index in [9.17, 15) is 8.42 Å². The quantitative estimate of drug-likeness (QED) is 0.629. The minimum absolute atomic E-state index is 0.109. The highest BCUT2D eigenvalue weighted by molar-refractivity contribution is 7.89. The molecule has 8 heteroatoms. The third-order valence-electron chi connectivity index (χ3n) is 4.17. The number of likely N-dealkylation sites (N-methyl/N-ethyl adjacent to an activating group) is 1. The van der Waals surface area contributed by atoms with Gasteiger partial charge in [0.2, 0.25) is 10.0 Å². The summed E-state index contributed by atoms with van der Waals surface area (Å²) in [7, 11) is -3.72. The Hall–Kier alpha value is -1.43. The molecule has 0 aliphatic carbocycles. The Labute approximate surface area is 164 Å². The van der Waals surface area contributed by atoms with Gasteiger partial charge in [-0.05, 0) is 42.7 Å². The van der Waals surface area contributed by atoms with Gasteiger partial charge in [-0.25, -0.2) is 8.42 Å². The average Bonchev–Trinajstić information content (AvgIpc) is 3.14. The number of rotatable bonds is 9. The van der Waals surface area contributed by atoms with Crippen LogP contribution in [0.1, 0.15) is 24.3 Å². The van der Waals surface area contributed by atoms with Gasteiger partial charge >= 0.3 is 0 Å². The molecule has 0 aliphatic heterocycles. The van der Waals surface area contributed by atoms with Crippen molar-refractivity contribution < 1.29 is 8.42 Å². The van der Waals surface area contributed by atoms with Gasteiger partial charge in [-0.15, -0.1) is 11.3 Å². The lowest BCUT2D eigenvalue weighted by molar-refractivity contribution is 0.269. The Morgan fingerprint density at radius 3 is 2.46 bits per heavy atom. The summed E-state index contributed by atoms with van der Waals surface area (Å²) in [6.07, 6.45) is 0. The first kappa shape index (κ1) is 20.9. The van der Waals surface area contributed by atoms with Crippen molar-refractivity contribution in [3.05, 3.63) is 51.2 Å². The molecular weight excluding hydrogens is 390 g/mol. The van der Waals surface area contributed by atoms with Gasteiger partial charge in [0, 0.05) is 24.5 Å². The van der Waals surface area contributed by atoms with Gasteiger partial charge in [-0.2, -0.15) is 9.57 Å². The topological polar surface area (TPSA) is 64.4 Å². The fourth-order valence-electron chi connectivity index (χ4n) is 2.55. The predicted molar refractivity (Wildman–Crippen MR) is 106 cm³/mol. The Morgan fingerprint density at radius 2 is 1.92 bits per heavy atom. The molecular formula is C18H22ClN3O2S2. The Kier molecular flexibility index (Phi) is 7.62. The zero-order valence-corrected chi connectivity index (χ0v) is 17.2. The second-order valence-corrected chi connectivity index (χ2v) is 9.08. The largest absolute Gasteiger partial charge is 0.303 e. The van der Waals surface area contributed by atoms with Crippen LogP contribution < -0.4 is 0 Å². The maximum absolute atomic E-state index is 13.2. The number of benzene rings is 1. The van der Waals surface area contributed by atoms with Gasteiger partial charge in [0.25, 0.3) is 0 Å². The zero-order chi connectivity index (χ0) is 19.2. The molecule has 1 aromatic heterocycles. The van der Waals surface area contributed by atoms with Crippen LogP contribution in [0.4, 0.5) is 0 Å². The first-order valence-corrected chi connectivity index (χ1v) is 11.1.